The molecule has 2 rings (SSSR count). The van der Waals surface area contributed by atoms with Crippen molar-refractivity contribution in [1.82, 2.24) is 0 Å². The van der Waals surface area contributed by atoms with Crippen molar-refractivity contribution in [1.29, 1.82) is 0 Å². The van der Waals surface area contributed by atoms with Gasteiger partial charge < -0.3 is 14.9 Å². The van der Waals surface area contributed by atoms with Crippen molar-refractivity contribution in [3.05, 3.63) is 47.5 Å². The first kappa shape index (κ1) is 12.5. The summed E-state index contributed by atoms with van der Waals surface area (Å²) in [6, 6.07) is 13.0. The Morgan fingerprint density at radius 2 is 1.89 bits per heavy atom. The monoisotopic (exact) mass is 264 g/mol. The Kier molecular flexibility index (Phi) is 3.92. The number of benzene rings is 2. The highest BCUT2D eigenvalue weighted by Crippen LogP contribution is 2.39. The van der Waals surface area contributed by atoms with Crippen LogP contribution >= 0.6 is 11.6 Å². The molecule has 0 fully saturated rings. The number of anilines is 2. The van der Waals surface area contributed by atoms with E-state index in [2.05, 4.69) is 5.32 Å². The zero-order chi connectivity index (χ0) is 13.0. The fourth-order valence-corrected chi connectivity index (χ4v) is 1.82. The third-order valence-electron chi connectivity index (χ3n) is 2.41. The number of nitrogens with one attached hydrogen (secondary N) is 1. The van der Waals surface area contributed by atoms with Crippen LogP contribution in [0.3, 0.4) is 0 Å². The first-order valence-corrected chi connectivity index (χ1v) is 5.68. The molecule has 2 aromatic rings. The molecule has 0 aliphatic rings. The SMILES string of the molecule is COc1cc(Cl)cc(Nc2ccccc2)c1ON. The molecule has 2 aromatic carbocycles. The standard InChI is InChI=1S/C13H13ClN2O2/c1-17-12-8-9(14)7-11(13(12)18-15)16-10-5-3-2-4-6-10/h2-8,16H,15H2,1H3. The number of para-hydroxylation sites is 1. The van der Waals surface area contributed by atoms with Gasteiger partial charge in [-0.25, -0.2) is 0 Å². The van der Waals surface area contributed by atoms with E-state index in [1.807, 2.05) is 30.3 Å². The zero-order valence-corrected chi connectivity index (χ0v) is 10.6. The van der Waals surface area contributed by atoms with E-state index in [0.29, 0.717) is 22.2 Å². The van der Waals surface area contributed by atoms with Crippen molar-refractivity contribution in [2.75, 3.05) is 12.4 Å². The first-order valence-electron chi connectivity index (χ1n) is 5.31. The molecule has 0 saturated heterocycles. The lowest BCUT2D eigenvalue weighted by Crippen LogP contribution is -2.06. The number of hydrogen-bond donors (Lipinski definition) is 2. The normalized spacial score (nSPS) is 9.94. The van der Waals surface area contributed by atoms with Gasteiger partial charge in [0.1, 0.15) is 0 Å². The van der Waals surface area contributed by atoms with E-state index in [1.165, 1.54) is 7.11 Å². The second-order valence-electron chi connectivity index (χ2n) is 3.59. The van der Waals surface area contributed by atoms with Gasteiger partial charge in [-0.2, -0.15) is 5.90 Å². The van der Waals surface area contributed by atoms with Crippen LogP contribution in [-0.4, -0.2) is 7.11 Å². The lowest BCUT2D eigenvalue weighted by atomic mass is 10.2. The molecule has 0 atom stereocenters. The summed E-state index contributed by atoms with van der Waals surface area (Å²) in [6.45, 7) is 0. The maximum atomic E-state index is 6.01. The third-order valence-corrected chi connectivity index (χ3v) is 2.63. The van der Waals surface area contributed by atoms with Gasteiger partial charge in [-0.3, -0.25) is 0 Å². The van der Waals surface area contributed by atoms with Gasteiger partial charge in [-0.1, -0.05) is 29.8 Å². The molecule has 0 aromatic heterocycles. The number of ether oxygens (including phenoxy) is 1. The van der Waals surface area contributed by atoms with Crippen molar-refractivity contribution in [2.45, 2.75) is 0 Å². The van der Waals surface area contributed by atoms with Crippen molar-refractivity contribution >= 4 is 23.0 Å². The Morgan fingerprint density at radius 3 is 2.50 bits per heavy atom. The molecule has 0 heterocycles. The van der Waals surface area contributed by atoms with E-state index in [-0.39, 0.29) is 0 Å². The number of rotatable bonds is 4. The zero-order valence-electron chi connectivity index (χ0n) is 9.81. The molecule has 4 nitrogen and oxygen atoms in total. The number of hydrogen-bond acceptors (Lipinski definition) is 4. The molecule has 0 amide bonds. The van der Waals surface area contributed by atoms with Gasteiger partial charge in [0.15, 0.2) is 5.75 Å². The lowest BCUT2D eigenvalue weighted by molar-refractivity contribution is 0.307. The molecule has 3 N–H and O–H groups in total. The van der Waals surface area contributed by atoms with Gasteiger partial charge >= 0.3 is 0 Å². The Bertz CT molecular complexity index is 532. The summed E-state index contributed by atoms with van der Waals surface area (Å²) in [7, 11) is 1.53. The largest absolute Gasteiger partial charge is 0.493 e. The minimum Gasteiger partial charge on any atom is -0.493 e. The highest BCUT2D eigenvalue weighted by atomic mass is 35.5. The first-order chi connectivity index (χ1) is 8.74. The van der Waals surface area contributed by atoms with Crippen LogP contribution in [0.25, 0.3) is 0 Å². The van der Waals surface area contributed by atoms with Crippen molar-refractivity contribution in [3.63, 3.8) is 0 Å². The van der Waals surface area contributed by atoms with Crippen LogP contribution in [0.15, 0.2) is 42.5 Å². The highest BCUT2D eigenvalue weighted by molar-refractivity contribution is 6.31. The van der Waals surface area contributed by atoms with Crippen LogP contribution in [0.1, 0.15) is 0 Å². The second kappa shape index (κ2) is 5.62. The van der Waals surface area contributed by atoms with Crippen LogP contribution in [-0.2, 0) is 0 Å². The average Bonchev–Trinajstić information content (AvgIpc) is 2.39. The summed E-state index contributed by atoms with van der Waals surface area (Å²) in [4.78, 5) is 4.85. The molecular formula is C13H13ClN2O2. The van der Waals surface area contributed by atoms with Gasteiger partial charge in [-0.05, 0) is 18.2 Å². The van der Waals surface area contributed by atoms with E-state index < -0.39 is 0 Å². The maximum Gasteiger partial charge on any atom is 0.212 e. The molecule has 0 bridgehead atoms. The number of halogens is 1. The molecule has 0 aliphatic heterocycles. The van der Waals surface area contributed by atoms with Gasteiger partial charge in [0, 0.05) is 16.8 Å². The van der Waals surface area contributed by atoms with Crippen molar-refractivity contribution in [3.8, 4) is 11.5 Å². The maximum absolute atomic E-state index is 6.01. The quantitative estimate of drug-likeness (QED) is 0.832. The molecule has 94 valence electrons. The smallest absolute Gasteiger partial charge is 0.212 e. The van der Waals surface area contributed by atoms with Crippen LogP contribution < -0.4 is 20.8 Å². The highest BCUT2D eigenvalue weighted by Gasteiger charge is 2.12. The van der Waals surface area contributed by atoms with Crippen LogP contribution in [0, 0.1) is 0 Å². The molecule has 0 unspecified atom stereocenters. The third kappa shape index (κ3) is 2.67. The fraction of sp³-hybridized carbons (Fsp3) is 0.0769. The van der Waals surface area contributed by atoms with Crippen LogP contribution in [0.4, 0.5) is 11.4 Å². The van der Waals surface area contributed by atoms with Crippen LogP contribution in [0.5, 0.6) is 11.5 Å². The van der Waals surface area contributed by atoms with E-state index in [1.54, 1.807) is 12.1 Å². The molecule has 18 heavy (non-hydrogen) atoms. The molecule has 0 spiro atoms. The average molecular weight is 265 g/mol. The van der Waals surface area contributed by atoms with Gasteiger partial charge in [0.05, 0.1) is 12.8 Å². The summed E-state index contributed by atoms with van der Waals surface area (Å²) >= 11 is 6.01. The predicted molar refractivity (Wildman–Crippen MR) is 72.5 cm³/mol. The Balaban J connectivity index is 2.40. The summed E-state index contributed by atoms with van der Waals surface area (Å²) < 4.78 is 5.17. The molecule has 5 heteroatoms. The minimum absolute atomic E-state index is 0.408. The van der Waals surface area contributed by atoms with Crippen molar-refractivity contribution < 1.29 is 9.57 Å². The van der Waals surface area contributed by atoms with E-state index in [0.717, 1.165) is 5.69 Å². The Hall–Kier alpha value is -1.91. The van der Waals surface area contributed by atoms with E-state index in [4.69, 9.17) is 27.1 Å². The fourth-order valence-electron chi connectivity index (χ4n) is 1.61. The molecule has 0 aliphatic carbocycles. The number of nitrogens with two attached hydrogens (primary N) is 1. The van der Waals surface area contributed by atoms with Gasteiger partial charge in [0.25, 0.3) is 0 Å². The molecule has 0 radical (unpaired) electrons. The lowest BCUT2D eigenvalue weighted by Gasteiger charge is -2.14. The Labute approximate surface area is 110 Å². The van der Waals surface area contributed by atoms with Gasteiger partial charge in [0.2, 0.25) is 5.75 Å². The Morgan fingerprint density at radius 1 is 1.17 bits per heavy atom. The van der Waals surface area contributed by atoms with Gasteiger partial charge in [-0.15, -0.1) is 0 Å². The molecular weight excluding hydrogens is 252 g/mol. The summed E-state index contributed by atoms with van der Waals surface area (Å²) in [5.41, 5.74) is 1.55. The van der Waals surface area contributed by atoms with Crippen molar-refractivity contribution in [2.24, 2.45) is 5.90 Å². The second-order valence-corrected chi connectivity index (χ2v) is 4.03. The van der Waals surface area contributed by atoms with Crippen LogP contribution in [0.2, 0.25) is 5.02 Å². The topological polar surface area (TPSA) is 56.5 Å². The van der Waals surface area contributed by atoms with E-state index >= 15 is 0 Å². The number of methoxy groups -OCH3 is 1. The minimum atomic E-state index is 0.408. The summed E-state index contributed by atoms with van der Waals surface area (Å²) in [5.74, 6) is 6.15. The summed E-state index contributed by atoms with van der Waals surface area (Å²) in [5, 5.41) is 3.70. The van der Waals surface area contributed by atoms with E-state index in [9.17, 15) is 0 Å². The molecule has 0 saturated carbocycles. The summed E-state index contributed by atoms with van der Waals surface area (Å²) in [6.07, 6.45) is 0. The predicted octanol–water partition coefficient (Wildman–Crippen LogP) is 3.34.